The highest BCUT2D eigenvalue weighted by Gasteiger charge is 2.26. The predicted molar refractivity (Wildman–Crippen MR) is 99.8 cm³/mol. The maximum atomic E-state index is 12.9. The number of carbonyl (C=O) groups is 1. The van der Waals surface area contributed by atoms with Crippen LogP contribution in [0.4, 0.5) is 0 Å². The highest BCUT2D eigenvalue weighted by atomic mass is 16.5. The fraction of sp³-hybridized carbons (Fsp3) is 0.250. The second-order valence-electron chi connectivity index (χ2n) is 6.32. The van der Waals surface area contributed by atoms with Crippen molar-refractivity contribution in [2.24, 2.45) is 0 Å². The number of rotatable bonds is 4. The molecule has 1 N–H and O–H groups in total. The van der Waals surface area contributed by atoms with Crippen LogP contribution in [-0.2, 0) is 13.0 Å². The molecule has 0 saturated heterocycles. The van der Waals surface area contributed by atoms with E-state index in [1.807, 2.05) is 29.2 Å². The van der Waals surface area contributed by atoms with Gasteiger partial charge in [-0.25, -0.2) is 4.98 Å². The average Bonchev–Trinajstić information content (AvgIpc) is 3.16. The predicted octanol–water partition coefficient (Wildman–Crippen LogP) is 2.69. The van der Waals surface area contributed by atoms with Crippen molar-refractivity contribution in [3.8, 4) is 22.9 Å². The molecule has 0 spiro atoms. The lowest BCUT2D eigenvalue weighted by Gasteiger charge is -2.27. The first kappa shape index (κ1) is 17.1. The van der Waals surface area contributed by atoms with E-state index in [-0.39, 0.29) is 5.91 Å². The Morgan fingerprint density at radius 3 is 2.89 bits per heavy atom. The normalized spacial score (nSPS) is 13.2. The lowest BCUT2D eigenvalue weighted by molar-refractivity contribution is 0.0734. The number of nitrogens with one attached hydrogen (secondary N) is 1. The number of amides is 1. The second kappa shape index (κ2) is 7.11. The minimum absolute atomic E-state index is 0.0425. The smallest absolute Gasteiger partial charge is 0.254 e. The van der Waals surface area contributed by atoms with Crippen LogP contribution in [0.3, 0.4) is 0 Å². The number of fused-ring (bicyclic) bond motifs is 1. The summed E-state index contributed by atoms with van der Waals surface area (Å²) in [4.78, 5) is 18.8. The second-order valence-corrected chi connectivity index (χ2v) is 6.32. The number of H-pyrrole nitrogens is 1. The average molecular weight is 364 g/mol. The SMILES string of the molecule is COc1cccc(-c2n[nH]c3c2CN(C(=O)c2ccnc(OC)c2)CC3)c1. The summed E-state index contributed by atoms with van der Waals surface area (Å²) in [5.74, 6) is 1.16. The van der Waals surface area contributed by atoms with Gasteiger partial charge in [0.2, 0.25) is 5.88 Å². The van der Waals surface area contributed by atoms with E-state index in [2.05, 4.69) is 15.2 Å². The number of carbonyl (C=O) groups excluding carboxylic acids is 1. The van der Waals surface area contributed by atoms with E-state index in [0.29, 0.717) is 24.5 Å². The highest BCUT2D eigenvalue weighted by Crippen LogP contribution is 2.30. The first-order valence-corrected chi connectivity index (χ1v) is 8.69. The fourth-order valence-corrected chi connectivity index (χ4v) is 3.31. The molecule has 0 bridgehead atoms. The van der Waals surface area contributed by atoms with Crippen LogP contribution in [0.25, 0.3) is 11.3 Å². The Bertz CT molecular complexity index is 983. The number of pyridine rings is 1. The van der Waals surface area contributed by atoms with Crippen molar-refractivity contribution in [1.29, 1.82) is 0 Å². The zero-order chi connectivity index (χ0) is 18.8. The van der Waals surface area contributed by atoms with E-state index in [1.165, 1.54) is 7.11 Å². The third kappa shape index (κ3) is 3.23. The number of benzene rings is 1. The van der Waals surface area contributed by atoms with Gasteiger partial charge in [-0.3, -0.25) is 9.89 Å². The van der Waals surface area contributed by atoms with Gasteiger partial charge < -0.3 is 14.4 Å². The number of ether oxygens (including phenoxy) is 2. The zero-order valence-corrected chi connectivity index (χ0v) is 15.2. The van der Waals surface area contributed by atoms with Crippen LogP contribution in [0.2, 0.25) is 0 Å². The van der Waals surface area contributed by atoms with Crippen molar-refractivity contribution in [2.45, 2.75) is 13.0 Å². The van der Waals surface area contributed by atoms with E-state index < -0.39 is 0 Å². The van der Waals surface area contributed by atoms with Crippen LogP contribution in [0, 0.1) is 0 Å². The molecule has 0 aliphatic carbocycles. The summed E-state index contributed by atoms with van der Waals surface area (Å²) >= 11 is 0. The molecule has 27 heavy (non-hydrogen) atoms. The van der Waals surface area contributed by atoms with Gasteiger partial charge in [-0.1, -0.05) is 12.1 Å². The van der Waals surface area contributed by atoms with Gasteiger partial charge in [0.1, 0.15) is 5.75 Å². The van der Waals surface area contributed by atoms with Crippen LogP contribution < -0.4 is 9.47 Å². The quantitative estimate of drug-likeness (QED) is 0.770. The fourth-order valence-electron chi connectivity index (χ4n) is 3.31. The summed E-state index contributed by atoms with van der Waals surface area (Å²) in [7, 11) is 3.18. The van der Waals surface area contributed by atoms with Gasteiger partial charge >= 0.3 is 0 Å². The van der Waals surface area contributed by atoms with Crippen LogP contribution in [-0.4, -0.2) is 46.8 Å². The van der Waals surface area contributed by atoms with E-state index >= 15 is 0 Å². The Morgan fingerprint density at radius 2 is 2.07 bits per heavy atom. The first-order chi connectivity index (χ1) is 13.2. The maximum Gasteiger partial charge on any atom is 0.254 e. The number of hydrogen-bond donors (Lipinski definition) is 1. The lowest BCUT2D eigenvalue weighted by atomic mass is 10.0. The van der Waals surface area contributed by atoms with Crippen LogP contribution in [0.5, 0.6) is 11.6 Å². The van der Waals surface area contributed by atoms with Crippen molar-refractivity contribution in [3.05, 3.63) is 59.4 Å². The molecule has 0 atom stereocenters. The molecular formula is C20H20N4O3. The van der Waals surface area contributed by atoms with E-state index in [4.69, 9.17) is 9.47 Å². The maximum absolute atomic E-state index is 12.9. The molecule has 7 nitrogen and oxygen atoms in total. The Morgan fingerprint density at radius 1 is 1.19 bits per heavy atom. The summed E-state index contributed by atoms with van der Waals surface area (Å²) in [5.41, 5.74) is 4.50. The van der Waals surface area contributed by atoms with Crippen LogP contribution in [0.1, 0.15) is 21.6 Å². The molecule has 0 saturated carbocycles. The molecule has 2 aromatic heterocycles. The summed E-state index contributed by atoms with van der Waals surface area (Å²) in [6.45, 7) is 1.14. The minimum atomic E-state index is -0.0425. The molecule has 7 heteroatoms. The number of aromatic amines is 1. The Hall–Kier alpha value is -3.35. The third-order valence-corrected chi connectivity index (χ3v) is 4.75. The topological polar surface area (TPSA) is 80.3 Å². The van der Waals surface area contributed by atoms with Crippen molar-refractivity contribution in [3.63, 3.8) is 0 Å². The van der Waals surface area contributed by atoms with Gasteiger partial charge in [0.05, 0.1) is 19.9 Å². The van der Waals surface area contributed by atoms with Crippen molar-refractivity contribution in [1.82, 2.24) is 20.1 Å². The summed E-state index contributed by atoms with van der Waals surface area (Å²) in [6, 6.07) is 11.1. The largest absolute Gasteiger partial charge is 0.497 e. The van der Waals surface area contributed by atoms with Crippen LogP contribution >= 0.6 is 0 Å². The molecule has 0 unspecified atom stereocenters. The standard InChI is InChI=1S/C20H20N4O3/c1-26-15-5-3-4-13(10-15)19-16-12-24(9-7-17(16)22-23-19)20(25)14-6-8-21-18(11-14)27-2/h3-6,8,10-11H,7,9,12H2,1-2H3,(H,22,23). The van der Waals surface area contributed by atoms with Crippen molar-refractivity contribution < 1.29 is 14.3 Å². The molecule has 1 aliphatic heterocycles. The summed E-state index contributed by atoms with van der Waals surface area (Å²) < 4.78 is 10.4. The van der Waals surface area contributed by atoms with E-state index in [1.54, 1.807) is 25.4 Å². The Labute approximate surface area is 156 Å². The van der Waals surface area contributed by atoms with E-state index in [0.717, 1.165) is 34.7 Å². The lowest BCUT2D eigenvalue weighted by Crippen LogP contribution is -2.36. The monoisotopic (exact) mass is 364 g/mol. The highest BCUT2D eigenvalue weighted by molar-refractivity contribution is 5.94. The molecule has 0 radical (unpaired) electrons. The van der Waals surface area contributed by atoms with Crippen molar-refractivity contribution in [2.75, 3.05) is 20.8 Å². The molecule has 1 aliphatic rings. The van der Waals surface area contributed by atoms with Gasteiger partial charge in [-0.2, -0.15) is 5.10 Å². The molecule has 3 heterocycles. The van der Waals surface area contributed by atoms with Gasteiger partial charge in [-0.15, -0.1) is 0 Å². The molecule has 0 fully saturated rings. The minimum Gasteiger partial charge on any atom is -0.497 e. The first-order valence-electron chi connectivity index (χ1n) is 8.69. The van der Waals surface area contributed by atoms with Gasteiger partial charge in [0.25, 0.3) is 5.91 Å². The molecule has 1 aromatic carbocycles. The Kier molecular flexibility index (Phi) is 4.50. The molecule has 1 amide bonds. The number of methoxy groups -OCH3 is 2. The third-order valence-electron chi connectivity index (χ3n) is 4.75. The van der Waals surface area contributed by atoms with Crippen molar-refractivity contribution >= 4 is 5.91 Å². The zero-order valence-electron chi connectivity index (χ0n) is 15.2. The number of nitrogens with zero attached hydrogens (tertiary/aromatic N) is 3. The number of aromatic nitrogens is 3. The van der Waals surface area contributed by atoms with Gasteiger partial charge in [0, 0.05) is 54.2 Å². The molecule has 4 rings (SSSR count). The summed E-state index contributed by atoms with van der Waals surface area (Å²) in [6.07, 6.45) is 2.32. The van der Waals surface area contributed by atoms with Crippen LogP contribution in [0.15, 0.2) is 42.6 Å². The number of hydrogen-bond acceptors (Lipinski definition) is 5. The summed E-state index contributed by atoms with van der Waals surface area (Å²) in [5, 5.41) is 7.61. The van der Waals surface area contributed by atoms with E-state index in [9.17, 15) is 4.79 Å². The van der Waals surface area contributed by atoms with Gasteiger partial charge in [0.15, 0.2) is 0 Å². The van der Waals surface area contributed by atoms with Gasteiger partial charge in [-0.05, 0) is 18.2 Å². The molecule has 3 aromatic rings. The molecular weight excluding hydrogens is 344 g/mol. The Balaban J connectivity index is 1.62. The molecule has 138 valence electrons.